The minimum atomic E-state index is -1.61. The molecular formula is C6H8Cl2SSi. The second kappa shape index (κ2) is 2.86. The van der Waals surface area contributed by atoms with Gasteiger partial charge in [-0.25, -0.2) is 0 Å². The van der Waals surface area contributed by atoms with E-state index in [0.717, 1.165) is 4.34 Å². The zero-order valence-electron chi connectivity index (χ0n) is 5.82. The van der Waals surface area contributed by atoms with Crippen LogP contribution >= 0.6 is 34.0 Å². The third kappa shape index (κ3) is 1.99. The molecule has 10 heavy (non-hydrogen) atoms. The van der Waals surface area contributed by atoms with Crippen molar-refractivity contribution in [3.05, 3.63) is 16.5 Å². The molecule has 1 heterocycles. The van der Waals surface area contributed by atoms with Gasteiger partial charge in [0, 0.05) is 4.50 Å². The summed E-state index contributed by atoms with van der Waals surface area (Å²) in [7, 11) is -1.61. The van der Waals surface area contributed by atoms with Crippen LogP contribution in [0.2, 0.25) is 17.4 Å². The normalized spacial score (nSPS) is 12.0. The first-order valence-corrected chi connectivity index (χ1v) is 8.15. The van der Waals surface area contributed by atoms with E-state index in [2.05, 4.69) is 13.1 Å². The third-order valence-electron chi connectivity index (χ3n) is 1.16. The molecule has 0 aromatic carbocycles. The highest BCUT2D eigenvalue weighted by Gasteiger charge is 2.21. The molecule has 0 spiro atoms. The number of hydrogen-bond acceptors (Lipinski definition) is 1. The SMILES string of the molecule is C[Si](C)(Cl)c1ccc(Cl)s1. The number of halogens is 2. The van der Waals surface area contributed by atoms with E-state index in [1.165, 1.54) is 4.50 Å². The Bertz CT molecular complexity index is 226. The molecule has 0 saturated heterocycles. The standard InChI is InChI=1S/C6H8Cl2SSi/c1-10(2,8)6-4-3-5(7)9-6/h3-4H,1-2H3. The average Bonchev–Trinajstić information content (AvgIpc) is 2.11. The fourth-order valence-corrected chi connectivity index (χ4v) is 3.94. The molecule has 0 atom stereocenters. The van der Waals surface area contributed by atoms with Crippen molar-refractivity contribution < 1.29 is 0 Å². The summed E-state index contributed by atoms with van der Waals surface area (Å²) >= 11 is 13.5. The molecule has 1 aromatic rings. The van der Waals surface area contributed by atoms with Crippen LogP contribution in [0.15, 0.2) is 12.1 Å². The van der Waals surface area contributed by atoms with E-state index in [9.17, 15) is 0 Å². The first-order valence-electron chi connectivity index (χ1n) is 2.95. The zero-order chi connectivity index (χ0) is 7.78. The van der Waals surface area contributed by atoms with Crippen molar-refractivity contribution in [1.82, 2.24) is 0 Å². The maximum Gasteiger partial charge on any atom is 0.191 e. The Balaban J connectivity index is 2.96. The van der Waals surface area contributed by atoms with Gasteiger partial charge in [0.15, 0.2) is 7.38 Å². The maximum absolute atomic E-state index is 6.16. The summed E-state index contributed by atoms with van der Waals surface area (Å²) < 4.78 is 2.08. The van der Waals surface area contributed by atoms with Crippen LogP contribution in [0.3, 0.4) is 0 Å². The van der Waals surface area contributed by atoms with E-state index >= 15 is 0 Å². The number of rotatable bonds is 1. The highest BCUT2D eigenvalue weighted by atomic mass is 35.6. The lowest BCUT2D eigenvalue weighted by atomic mass is 10.7. The van der Waals surface area contributed by atoms with Crippen LogP contribution in [0, 0.1) is 0 Å². The van der Waals surface area contributed by atoms with E-state index in [1.54, 1.807) is 11.3 Å². The van der Waals surface area contributed by atoms with Gasteiger partial charge in [-0.2, -0.15) is 11.1 Å². The largest absolute Gasteiger partial charge is 0.191 e. The first-order chi connectivity index (χ1) is 4.50. The summed E-state index contributed by atoms with van der Waals surface area (Å²) in [4.78, 5) is 0. The Morgan fingerprint density at radius 3 is 2.20 bits per heavy atom. The minimum Gasteiger partial charge on any atom is -0.161 e. The number of thiophene rings is 1. The van der Waals surface area contributed by atoms with Gasteiger partial charge in [-0.1, -0.05) is 24.7 Å². The van der Waals surface area contributed by atoms with Crippen molar-refractivity contribution in [2.45, 2.75) is 13.1 Å². The van der Waals surface area contributed by atoms with E-state index < -0.39 is 7.38 Å². The molecule has 0 N–H and O–H groups in total. The van der Waals surface area contributed by atoms with Crippen molar-refractivity contribution in [1.29, 1.82) is 0 Å². The molecular weight excluding hydrogens is 203 g/mol. The predicted molar refractivity (Wildman–Crippen MR) is 52.3 cm³/mol. The molecule has 0 saturated carbocycles. The molecule has 0 aliphatic heterocycles. The summed E-state index contributed by atoms with van der Waals surface area (Å²) in [5.74, 6) is 0. The van der Waals surface area contributed by atoms with Crippen molar-refractivity contribution in [2.24, 2.45) is 0 Å². The van der Waals surface area contributed by atoms with Gasteiger partial charge in [-0.05, 0) is 12.1 Å². The van der Waals surface area contributed by atoms with E-state index in [-0.39, 0.29) is 0 Å². The molecule has 0 nitrogen and oxygen atoms in total. The highest BCUT2D eigenvalue weighted by molar-refractivity contribution is 7.40. The summed E-state index contributed by atoms with van der Waals surface area (Å²) in [6, 6.07) is 3.92. The van der Waals surface area contributed by atoms with Crippen LogP contribution in [-0.4, -0.2) is 7.38 Å². The molecule has 1 rings (SSSR count). The molecule has 1 aromatic heterocycles. The van der Waals surface area contributed by atoms with Crippen molar-refractivity contribution >= 4 is 45.9 Å². The van der Waals surface area contributed by atoms with Crippen LogP contribution in [-0.2, 0) is 0 Å². The zero-order valence-corrected chi connectivity index (χ0v) is 9.15. The van der Waals surface area contributed by atoms with Gasteiger partial charge in [-0.3, -0.25) is 0 Å². The molecule has 56 valence electrons. The van der Waals surface area contributed by atoms with Crippen molar-refractivity contribution in [3.63, 3.8) is 0 Å². The molecule has 0 fully saturated rings. The van der Waals surface area contributed by atoms with E-state index in [4.69, 9.17) is 22.7 Å². The van der Waals surface area contributed by atoms with Crippen molar-refractivity contribution in [3.8, 4) is 0 Å². The fourth-order valence-electron chi connectivity index (χ4n) is 0.634. The van der Waals surface area contributed by atoms with Crippen LogP contribution in [0.1, 0.15) is 0 Å². The summed E-state index contributed by atoms with van der Waals surface area (Å²) in [6.45, 7) is 4.19. The van der Waals surface area contributed by atoms with Crippen LogP contribution in [0.4, 0.5) is 0 Å². The molecule has 0 aliphatic rings. The summed E-state index contributed by atoms with van der Waals surface area (Å²) in [5, 5.41) is 0. The van der Waals surface area contributed by atoms with Gasteiger partial charge in [0.25, 0.3) is 0 Å². The average molecular weight is 211 g/mol. The Hall–Kier alpha value is 0.497. The first kappa shape index (κ1) is 8.59. The lowest BCUT2D eigenvalue weighted by molar-refractivity contribution is 1.94. The molecule has 0 bridgehead atoms. The second-order valence-corrected chi connectivity index (χ2v) is 11.0. The Morgan fingerprint density at radius 2 is 2.00 bits per heavy atom. The van der Waals surface area contributed by atoms with Crippen LogP contribution < -0.4 is 4.50 Å². The smallest absolute Gasteiger partial charge is 0.161 e. The topological polar surface area (TPSA) is 0 Å². The van der Waals surface area contributed by atoms with Crippen LogP contribution in [0.25, 0.3) is 0 Å². The van der Waals surface area contributed by atoms with Crippen LogP contribution in [0.5, 0.6) is 0 Å². The molecule has 0 radical (unpaired) electrons. The summed E-state index contributed by atoms with van der Waals surface area (Å²) in [6.07, 6.45) is 0. The quantitative estimate of drug-likeness (QED) is 0.494. The Labute approximate surface area is 75.5 Å². The minimum absolute atomic E-state index is 0.830. The van der Waals surface area contributed by atoms with Gasteiger partial charge in [0.05, 0.1) is 4.34 Å². The van der Waals surface area contributed by atoms with Gasteiger partial charge < -0.3 is 0 Å². The lowest BCUT2D eigenvalue weighted by Crippen LogP contribution is -2.31. The monoisotopic (exact) mass is 210 g/mol. The van der Waals surface area contributed by atoms with Gasteiger partial charge >= 0.3 is 0 Å². The maximum atomic E-state index is 6.16. The highest BCUT2D eigenvalue weighted by Crippen LogP contribution is 2.19. The summed E-state index contributed by atoms with van der Waals surface area (Å²) in [5.41, 5.74) is 0. The predicted octanol–water partition coefficient (Wildman–Crippen LogP) is 3.05. The fraction of sp³-hybridized carbons (Fsp3) is 0.333. The molecule has 4 heteroatoms. The van der Waals surface area contributed by atoms with Gasteiger partial charge in [-0.15, -0.1) is 11.3 Å². The molecule has 0 unspecified atom stereocenters. The third-order valence-corrected chi connectivity index (χ3v) is 6.33. The second-order valence-electron chi connectivity index (χ2n) is 2.58. The van der Waals surface area contributed by atoms with Gasteiger partial charge in [0.1, 0.15) is 0 Å². The molecule has 0 amide bonds. The Kier molecular flexibility index (Phi) is 2.45. The van der Waals surface area contributed by atoms with Crippen molar-refractivity contribution in [2.75, 3.05) is 0 Å². The number of hydrogen-bond donors (Lipinski definition) is 0. The molecule has 0 aliphatic carbocycles. The lowest BCUT2D eigenvalue weighted by Gasteiger charge is -2.08. The van der Waals surface area contributed by atoms with Gasteiger partial charge in [0.2, 0.25) is 0 Å². The van der Waals surface area contributed by atoms with E-state index in [0.29, 0.717) is 0 Å². The van der Waals surface area contributed by atoms with E-state index in [1.807, 2.05) is 12.1 Å². The Morgan fingerprint density at radius 1 is 1.40 bits per heavy atom.